The van der Waals surface area contributed by atoms with E-state index in [9.17, 15) is 14.4 Å². The van der Waals surface area contributed by atoms with Gasteiger partial charge in [-0.3, -0.25) is 14.4 Å². The fourth-order valence-corrected chi connectivity index (χ4v) is 2.73. The van der Waals surface area contributed by atoms with Gasteiger partial charge in [0.15, 0.2) is 12.4 Å². The molecule has 6 heteroatoms. The number of amides is 2. The van der Waals surface area contributed by atoms with E-state index in [-0.39, 0.29) is 37.0 Å². The highest BCUT2D eigenvalue weighted by Crippen LogP contribution is 2.29. The molecule has 2 N–H and O–H groups in total. The van der Waals surface area contributed by atoms with Crippen LogP contribution < -0.4 is 15.4 Å². The van der Waals surface area contributed by atoms with Crippen LogP contribution in [0.2, 0.25) is 0 Å². The zero-order valence-corrected chi connectivity index (χ0v) is 14.7. The summed E-state index contributed by atoms with van der Waals surface area (Å²) in [6.45, 7) is 3.89. The summed E-state index contributed by atoms with van der Waals surface area (Å²) >= 11 is 0. The van der Waals surface area contributed by atoms with Crippen LogP contribution in [0.1, 0.15) is 34.3 Å². The van der Waals surface area contributed by atoms with Crippen molar-refractivity contribution in [2.75, 3.05) is 17.2 Å². The first-order valence-corrected chi connectivity index (χ1v) is 8.40. The third-order valence-electron chi connectivity index (χ3n) is 4.39. The molecule has 26 heavy (non-hydrogen) atoms. The third-order valence-corrected chi connectivity index (χ3v) is 4.39. The zero-order chi connectivity index (χ0) is 18.7. The quantitative estimate of drug-likeness (QED) is 0.809. The number of benzene rings is 2. The Kier molecular flexibility index (Phi) is 5.02. The van der Waals surface area contributed by atoms with Gasteiger partial charge in [0, 0.05) is 24.1 Å². The van der Waals surface area contributed by atoms with Crippen LogP contribution in [0.25, 0.3) is 0 Å². The average molecular weight is 352 g/mol. The molecule has 6 nitrogen and oxygen atoms in total. The van der Waals surface area contributed by atoms with Gasteiger partial charge < -0.3 is 15.4 Å². The summed E-state index contributed by atoms with van der Waals surface area (Å²) in [5.74, 6) is -0.0887. The van der Waals surface area contributed by atoms with Crippen LogP contribution in [0.3, 0.4) is 0 Å². The molecule has 0 atom stereocenters. The van der Waals surface area contributed by atoms with Crippen LogP contribution in [-0.2, 0) is 9.59 Å². The fraction of sp³-hybridized carbons (Fsp3) is 0.250. The first kappa shape index (κ1) is 17.7. The number of Topliss-reactive ketones (excluding diaryl/α,β-unsaturated/α-hetero) is 1. The van der Waals surface area contributed by atoms with Gasteiger partial charge in [-0.1, -0.05) is 12.1 Å². The highest BCUT2D eigenvalue weighted by molar-refractivity contribution is 6.02. The Bertz CT molecular complexity index is 889. The van der Waals surface area contributed by atoms with Crippen molar-refractivity contribution in [2.24, 2.45) is 0 Å². The SMILES string of the molecule is Cc1cccc(NC(=O)CCC(=O)c2ccc3c(c2)NC(=O)CO3)c1C. The number of rotatable bonds is 5. The molecule has 0 radical (unpaired) electrons. The van der Waals surface area contributed by atoms with Gasteiger partial charge in [0.25, 0.3) is 5.91 Å². The van der Waals surface area contributed by atoms with E-state index in [0.717, 1.165) is 16.8 Å². The molecule has 1 aliphatic rings. The lowest BCUT2D eigenvalue weighted by Gasteiger charge is -2.18. The lowest BCUT2D eigenvalue weighted by atomic mass is 10.0. The van der Waals surface area contributed by atoms with E-state index in [2.05, 4.69) is 10.6 Å². The van der Waals surface area contributed by atoms with Gasteiger partial charge in [-0.25, -0.2) is 0 Å². The first-order chi connectivity index (χ1) is 12.4. The lowest BCUT2D eigenvalue weighted by molar-refractivity contribution is -0.118. The smallest absolute Gasteiger partial charge is 0.262 e. The fourth-order valence-electron chi connectivity index (χ4n) is 2.73. The zero-order valence-electron chi connectivity index (χ0n) is 14.7. The summed E-state index contributed by atoms with van der Waals surface area (Å²) in [7, 11) is 0. The highest BCUT2D eigenvalue weighted by Gasteiger charge is 2.18. The van der Waals surface area contributed by atoms with Crippen molar-refractivity contribution in [1.29, 1.82) is 0 Å². The molecule has 0 fully saturated rings. The molecule has 134 valence electrons. The van der Waals surface area contributed by atoms with E-state index in [1.54, 1.807) is 18.2 Å². The first-order valence-electron chi connectivity index (χ1n) is 8.40. The van der Waals surface area contributed by atoms with Crippen molar-refractivity contribution in [3.63, 3.8) is 0 Å². The molecule has 1 aliphatic heterocycles. The van der Waals surface area contributed by atoms with Crippen molar-refractivity contribution in [2.45, 2.75) is 26.7 Å². The van der Waals surface area contributed by atoms with E-state index < -0.39 is 0 Å². The normalized spacial score (nSPS) is 12.6. The molecular weight excluding hydrogens is 332 g/mol. The van der Waals surface area contributed by atoms with Gasteiger partial charge in [-0.2, -0.15) is 0 Å². The molecule has 2 aromatic carbocycles. The summed E-state index contributed by atoms with van der Waals surface area (Å²) < 4.78 is 5.27. The van der Waals surface area contributed by atoms with Gasteiger partial charge in [0.1, 0.15) is 5.75 Å². The minimum Gasteiger partial charge on any atom is -0.482 e. The molecule has 0 saturated carbocycles. The van der Waals surface area contributed by atoms with Gasteiger partial charge in [-0.15, -0.1) is 0 Å². The van der Waals surface area contributed by atoms with Crippen molar-refractivity contribution in [3.8, 4) is 5.75 Å². The topological polar surface area (TPSA) is 84.5 Å². The molecule has 2 amide bonds. The number of anilines is 2. The second kappa shape index (κ2) is 7.39. The van der Waals surface area contributed by atoms with Crippen LogP contribution in [-0.4, -0.2) is 24.2 Å². The number of carbonyl (C=O) groups excluding carboxylic acids is 3. The van der Waals surface area contributed by atoms with Crippen molar-refractivity contribution >= 4 is 29.0 Å². The predicted octanol–water partition coefficient (Wildman–Crippen LogP) is 3.24. The summed E-state index contributed by atoms with van der Waals surface area (Å²) in [5.41, 5.74) is 3.78. The maximum atomic E-state index is 12.4. The standard InChI is InChI=1S/C20H20N2O4/c1-12-4-3-5-15(13(12)2)21-19(24)9-7-17(23)14-6-8-18-16(10-14)22-20(25)11-26-18/h3-6,8,10H,7,9,11H2,1-2H3,(H,21,24)(H,22,25). The number of hydrogen-bond donors (Lipinski definition) is 2. The molecule has 2 aromatic rings. The molecule has 0 unspecified atom stereocenters. The Morgan fingerprint density at radius 3 is 2.77 bits per heavy atom. The van der Waals surface area contributed by atoms with E-state index in [0.29, 0.717) is 17.0 Å². The molecule has 0 bridgehead atoms. The van der Waals surface area contributed by atoms with Crippen LogP contribution in [0.15, 0.2) is 36.4 Å². The van der Waals surface area contributed by atoms with Gasteiger partial charge in [-0.05, 0) is 49.2 Å². The van der Waals surface area contributed by atoms with Crippen LogP contribution in [0.5, 0.6) is 5.75 Å². The van der Waals surface area contributed by atoms with Gasteiger partial charge >= 0.3 is 0 Å². The van der Waals surface area contributed by atoms with E-state index in [1.165, 1.54) is 0 Å². The number of ketones is 1. The third kappa shape index (κ3) is 3.91. The summed E-state index contributed by atoms with van der Waals surface area (Å²) in [6, 6.07) is 10.6. The van der Waals surface area contributed by atoms with E-state index >= 15 is 0 Å². The molecule has 3 rings (SSSR count). The molecule has 0 aliphatic carbocycles. The Labute approximate surface area is 151 Å². The maximum absolute atomic E-state index is 12.4. The molecule has 0 aromatic heterocycles. The molecule has 1 heterocycles. The second-order valence-corrected chi connectivity index (χ2v) is 6.27. The number of aryl methyl sites for hydroxylation is 1. The van der Waals surface area contributed by atoms with Crippen LogP contribution in [0.4, 0.5) is 11.4 Å². The van der Waals surface area contributed by atoms with Crippen molar-refractivity contribution in [3.05, 3.63) is 53.1 Å². The van der Waals surface area contributed by atoms with Crippen molar-refractivity contribution < 1.29 is 19.1 Å². The molecule has 0 spiro atoms. The Morgan fingerprint density at radius 1 is 1.15 bits per heavy atom. The van der Waals surface area contributed by atoms with E-state index in [1.807, 2.05) is 32.0 Å². The minimum atomic E-state index is -0.255. The van der Waals surface area contributed by atoms with Gasteiger partial charge in [0.05, 0.1) is 5.69 Å². The number of fused-ring (bicyclic) bond motifs is 1. The van der Waals surface area contributed by atoms with Crippen LogP contribution >= 0.6 is 0 Å². The minimum absolute atomic E-state index is 0.0289. The Hall–Kier alpha value is -3.15. The Balaban J connectivity index is 1.60. The second-order valence-electron chi connectivity index (χ2n) is 6.27. The predicted molar refractivity (Wildman–Crippen MR) is 98.7 cm³/mol. The summed E-state index contributed by atoms with van der Waals surface area (Å²) in [6.07, 6.45) is 0.177. The number of hydrogen-bond acceptors (Lipinski definition) is 4. The number of nitrogens with one attached hydrogen (secondary N) is 2. The highest BCUT2D eigenvalue weighted by atomic mass is 16.5. The van der Waals surface area contributed by atoms with Crippen molar-refractivity contribution in [1.82, 2.24) is 0 Å². The number of ether oxygens (including phenoxy) is 1. The lowest BCUT2D eigenvalue weighted by Crippen LogP contribution is -2.25. The summed E-state index contributed by atoms with van der Waals surface area (Å²) in [5, 5.41) is 5.51. The average Bonchev–Trinajstić information content (AvgIpc) is 2.63. The molecule has 0 saturated heterocycles. The number of carbonyl (C=O) groups is 3. The van der Waals surface area contributed by atoms with Crippen LogP contribution in [0, 0.1) is 13.8 Å². The Morgan fingerprint density at radius 2 is 1.96 bits per heavy atom. The van der Waals surface area contributed by atoms with Gasteiger partial charge in [0.2, 0.25) is 5.91 Å². The van der Waals surface area contributed by atoms with E-state index in [4.69, 9.17) is 4.74 Å². The maximum Gasteiger partial charge on any atom is 0.262 e. The monoisotopic (exact) mass is 352 g/mol. The summed E-state index contributed by atoms with van der Waals surface area (Å²) in [4.78, 5) is 35.9. The molecular formula is C20H20N2O4. The largest absolute Gasteiger partial charge is 0.482 e.